The fraction of sp³-hybridized carbons (Fsp3) is 0.0508. The summed E-state index contributed by atoms with van der Waals surface area (Å²) in [7, 11) is 0. The number of amidine groups is 1. The average molecular weight is 799 g/mol. The molecule has 298 valence electrons. The minimum Gasteiger partial charge on any atom is -0.461 e. The first-order chi connectivity index (χ1) is 30.5. The van der Waals surface area contributed by atoms with Crippen LogP contribution < -0.4 is 0 Å². The van der Waals surface area contributed by atoms with Gasteiger partial charge in [0.1, 0.15) is 11.3 Å². The fourth-order valence-electron chi connectivity index (χ4n) is 7.83. The molecule has 0 N–H and O–H groups in total. The van der Waals surface area contributed by atoms with Crippen molar-refractivity contribution in [3.05, 3.63) is 252 Å². The molecule has 3 heteroatoms. The second kappa shape index (κ2) is 18.6. The van der Waals surface area contributed by atoms with Gasteiger partial charge >= 0.3 is 0 Å². The first-order valence-corrected chi connectivity index (χ1v) is 21.1. The molecule has 0 amide bonds. The maximum Gasteiger partial charge on any atom is 0.154 e. The van der Waals surface area contributed by atoms with Crippen molar-refractivity contribution in [3.8, 4) is 55.6 Å². The van der Waals surface area contributed by atoms with Crippen molar-refractivity contribution in [3.63, 3.8) is 0 Å². The molecule has 1 heterocycles. The van der Waals surface area contributed by atoms with Crippen molar-refractivity contribution in [1.29, 1.82) is 0 Å². The van der Waals surface area contributed by atoms with E-state index in [0.717, 1.165) is 77.9 Å². The number of aliphatic imine (C=N–C) groups is 2. The zero-order valence-corrected chi connectivity index (χ0v) is 34.9. The van der Waals surface area contributed by atoms with E-state index in [-0.39, 0.29) is 0 Å². The van der Waals surface area contributed by atoms with E-state index in [4.69, 9.17) is 14.4 Å². The summed E-state index contributed by atoms with van der Waals surface area (Å²) in [6.07, 6.45) is 1.95. The topological polar surface area (TPSA) is 37.9 Å². The first kappa shape index (κ1) is 39.6. The van der Waals surface area contributed by atoms with Crippen LogP contribution >= 0.6 is 0 Å². The number of benzene rings is 8. The lowest BCUT2D eigenvalue weighted by molar-refractivity contribution is 0.569. The Balaban J connectivity index is 1.17. The highest BCUT2D eigenvalue weighted by atomic mass is 16.3. The largest absolute Gasteiger partial charge is 0.461 e. The van der Waals surface area contributed by atoms with Gasteiger partial charge in [0.05, 0.1) is 6.54 Å². The zero-order valence-electron chi connectivity index (χ0n) is 34.9. The molecule has 0 bridgehead atoms. The molecular weight excluding hydrogens is 753 g/mol. The second-order valence-corrected chi connectivity index (χ2v) is 15.5. The standard InChI is InChI=1S/C59H46N2O/c1-42-18-15-31-53(41-61-59(60-40-44-19-7-3-8-20-44)52-30-17-28-49(35-52)46-23-11-5-12-24-46)43(2)57-39-51(32-33-58(57)62-42)56-37-54(47-25-13-6-14-26-47)36-55(38-56)50-29-16-27-48(34-50)45-21-9-4-10-22-45/h3-39,41H,40H2,1-2H3. The van der Waals surface area contributed by atoms with E-state index in [1.807, 2.05) is 49.5 Å². The van der Waals surface area contributed by atoms with Gasteiger partial charge in [0.2, 0.25) is 0 Å². The van der Waals surface area contributed by atoms with Crippen molar-refractivity contribution < 1.29 is 4.42 Å². The number of nitrogens with zero attached hydrogens (tertiary/aromatic N) is 2. The van der Waals surface area contributed by atoms with Gasteiger partial charge in [0.15, 0.2) is 5.84 Å². The van der Waals surface area contributed by atoms with Gasteiger partial charge in [-0.1, -0.05) is 176 Å². The Labute approximate surface area is 364 Å². The van der Waals surface area contributed by atoms with Crippen LogP contribution in [0.25, 0.3) is 66.6 Å². The number of fused-ring (bicyclic) bond motifs is 1. The van der Waals surface area contributed by atoms with E-state index in [9.17, 15) is 0 Å². The lowest BCUT2D eigenvalue weighted by atomic mass is 9.91. The van der Waals surface area contributed by atoms with Crippen LogP contribution in [0, 0.1) is 13.8 Å². The van der Waals surface area contributed by atoms with Crippen molar-refractivity contribution in [2.75, 3.05) is 0 Å². The van der Waals surface area contributed by atoms with E-state index >= 15 is 0 Å². The van der Waals surface area contributed by atoms with Crippen molar-refractivity contribution in [2.24, 2.45) is 9.98 Å². The Bertz CT molecular complexity index is 3090. The van der Waals surface area contributed by atoms with Crippen LogP contribution in [0.2, 0.25) is 0 Å². The van der Waals surface area contributed by atoms with E-state index in [0.29, 0.717) is 12.4 Å². The molecule has 0 saturated carbocycles. The van der Waals surface area contributed by atoms with Gasteiger partial charge < -0.3 is 4.42 Å². The smallest absolute Gasteiger partial charge is 0.154 e. The Morgan fingerprint density at radius 3 is 1.52 bits per heavy atom. The third-order valence-electron chi connectivity index (χ3n) is 11.2. The van der Waals surface area contributed by atoms with Crippen molar-refractivity contribution in [2.45, 2.75) is 20.4 Å². The highest BCUT2D eigenvalue weighted by Crippen LogP contribution is 2.36. The number of hydrogen-bond donors (Lipinski definition) is 0. The van der Waals surface area contributed by atoms with Crippen LogP contribution in [0.5, 0.6) is 0 Å². The highest BCUT2D eigenvalue weighted by molar-refractivity contribution is 6.06. The quantitative estimate of drug-likeness (QED) is 0.106. The zero-order chi connectivity index (χ0) is 42.1. The molecule has 62 heavy (non-hydrogen) atoms. The predicted octanol–water partition coefficient (Wildman–Crippen LogP) is 15.6. The summed E-state index contributed by atoms with van der Waals surface area (Å²) in [5.41, 5.74) is 16.4. The molecule has 0 unspecified atom stereocenters. The Morgan fingerprint density at radius 1 is 0.419 bits per heavy atom. The van der Waals surface area contributed by atoms with E-state index < -0.39 is 0 Å². The second-order valence-electron chi connectivity index (χ2n) is 15.5. The van der Waals surface area contributed by atoms with Crippen LogP contribution in [0.3, 0.4) is 0 Å². The lowest BCUT2D eigenvalue weighted by Gasteiger charge is -2.13. The first-order valence-electron chi connectivity index (χ1n) is 21.1. The van der Waals surface area contributed by atoms with E-state index in [1.165, 1.54) is 16.7 Å². The van der Waals surface area contributed by atoms with Gasteiger partial charge in [0.25, 0.3) is 0 Å². The monoisotopic (exact) mass is 798 g/mol. The highest BCUT2D eigenvalue weighted by Gasteiger charge is 2.12. The molecule has 1 aromatic heterocycles. The molecular formula is C59H46N2O. The predicted molar refractivity (Wildman–Crippen MR) is 261 cm³/mol. The van der Waals surface area contributed by atoms with Gasteiger partial charge in [-0.15, -0.1) is 0 Å². The van der Waals surface area contributed by atoms with E-state index in [1.54, 1.807) is 0 Å². The minimum atomic E-state index is 0.513. The summed E-state index contributed by atoms with van der Waals surface area (Å²) >= 11 is 0. The lowest BCUT2D eigenvalue weighted by Crippen LogP contribution is -2.01. The van der Waals surface area contributed by atoms with Gasteiger partial charge in [-0.25, -0.2) is 4.99 Å². The molecule has 0 aliphatic rings. The van der Waals surface area contributed by atoms with Crippen LogP contribution in [-0.2, 0) is 6.54 Å². The summed E-state index contributed by atoms with van der Waals surface area (Å²) in [5.74, 6) is 1.47. The van der Waals surface area contributed by atoms with Gasteiger partial charge in [-0.3, -0.25) is 4.99 Å². The van der Waals surface area contributed by atoms with Crippen LogP contribution in [0.1, 0.15) is 28.0 Å². The van der Waals surface area contributed by atoms with Crippen molar-refractivity contribution in [1.82, 2.24) is 0 Å². The van der Waals surface area contributed by atoms with E-state index in [2.05, 4.69) is 195 Å². The number of aryl methyl sites for hydroxylation is 2. The molecule has 3 nitrogen and oxygen atoms in total. The molecule has 0 aliphatic heterocycles. The molecule has 0 atom stereocenters. The molecule has 0 saturated heterocycles. The average Bonchev–Trinajstić information content (AvgIpc) is 3.39. The van der Waals surface area contributed by atoms with Gasteiger partial charge in [0, 0.05) is 17.2 Å². The third-order valence-corrected chi connectivity index (χ3v) is 11.2. The maximum absolute atomic E-state index is 6.51. The summed E-state index contributed by atoms with van der Waals surface area (Å²) in [5, 5.41) is 0.995. The Kier molecular flexibility index (Phi) is 11.9. The van der Waals surface area contributed by atoms with Crippen LogP contribution in [0.15, 0.2) is 239 Å². The normalized spacial score (nSPS) is 11.5. The molecule has 0 radical (unpaired) electrons. The minimum absolute atomic E-state index is 0.513. The Morgan fingerprint density at radius 2 is 0.887 bits per heavy atom. The summed E-state index contributed by atoms with van der Waals surface area (Å²) in [6, 6.07) is 78.8. The number of rotatable bonds is 9. The summed E-state index contributed by atoms with van der Waals surface area (Å²) in [6.45, 7) is 4.65. The van der Waals surface area contributed by atoms with Gasteiger partial charge in [-0.05, 0) is 135 Å². The Hall–Kier alpha value is -7.88. The number of hydrogen-bond acceptors (Lipinski definition) is 2. The fourth-order valence-corrected chi connectivity index (χ4v) is 7.83. The molecule has 8 aromatic carbocycles. The summed E-state index contributed by atoms with van der Waals surface area (Å²) in [4.78, 5) is 10.3. The molecule has 0 aliphatic carbocycles. The van der Waals surface area contributed by atoms with Crippen LogP contribution in [-0.4, -0.2) is 12.1 Å². The molecule has 9 rings (SSSR count). The van der Waals surface area contributed by atoms with Gasteiger partial charge in [-0.2, -0.15) is 0 Å². The van der Waals surface area contributed by atoms with Crippen LogP contribution in [0.4, 0.5) is 0 Å². The molecule has 0 fully saturated rings. The molecule has 0 spiro atoms. The van der Waals surface area contributed by atoms with Crippen molar-refractivity contribution >= 4 is 23.0 Å². The maximum atomic E-state index is 6.51. The molecule has 9 aromatic rings. The third kappa shape index (κ3) is 9.28. The summed E-state index contributed by atoms with van der Waals surface area (Å²) < 4.78 is 6.51. The SMILES string of the molecule is Cc1cccc(C=NC(=NCc2ccccc2)c2cccc(-c3ccccc3)c2)c(C)c2cc(-c3cc(-c4ccccc4)cc(-c4cccc(-c5ccccc5)c4)c3)ccc2o1.